The predicted molar refractivity (Wildman–Crippen MR) is 81.0 cm³/mol. The van der Waals surface area contributed by atoms with Gasteiger partial charge in [-0.3, -0.25) is 4.79 Å². The number of ether oxygens (including phenoxy) is 1. The Morgan fingerprint density at radius 3 is 2.33 bits per heavy atom. The topological polar surface area (TPSA) is 55.4 Å². The van der Waals surface area contributed by atoms with Crippen molar-refractivity contribution in [2.24, 2.45) is 0 Å². The Labute approximate surface area is 136 Å². The Morgan fingerprint density at radius 1 is 1.00 bits per heavy atom. The molecule has 7 heteroatoms. The fourth-order valence-corrected chi connectivity index (χ4v) is 1.82. The number of carbonyl (C=O) groups excluding carboxylic acids is 2. The van der Waals surface area contributed by atoms with E-state index in [-0.39, 0.29) is 11.3 Å². The second kappa shape index (κ2) is 7.16. The summed E-state index contributed by atoms with van der Waals surface area (Å²) in [5.41, 5.74) is 0.402. The molecule has 1 N–H and O–H groups in total. The fraction of sp³-hybridized carbons (Fsp3) is 0.176. The van der Waals surface area contributed by atoms with Gasteiger partial charge in [-0.05, 0) is 49.7 Å². The minimum absolute atomic E-state index is 0.207. The highest BCUT2D eigenvalue weighted by atomic mass is 19.2. The number of carbonyl (C=O) groups is 2. The number of aryl methyl sites for hydroxylation is 1. The molecule has 1 unspecified atom stereocenters. The molecule has 2 aromatic rings. The van der Waals surface area contributed by atoms with E-state index in [0.717, 1.165) is 18.2 Å². The first-order valence-electron chi connectivity index (χ1n) is 7.01. The van der Waals surface area contributed by atoms with E-state index in [1.165, 1.54) is 19.1 Å². The first-order valence-corrected chi connectivity index (χ1v) is 7.01. The first-order chi connectivity index (χ1) is 11.3. The highest BCUT2D eigenvalue weighted by molar-refractivity contribution is 5.97. The zero-order valence-electron chi connectivity index (χ0n) is 12.9. The summed E-state index contributed by atoms with van der Waals surface area (Å²) in [7, 11) is 0. The molecule has 0 saturated carbocycles. The van der Waals surface area contributed by atoms with Crippen LogP contribution in [0.15, 0.2) is 36.4 Å². The van der Waals surface area contributed by atoms with Crippen LogP contribution in [0, 0.1) is 24.4 Å². The van der Waals surface area contributed by atoms with E-state index in [0.29, 0.717) is 11.6 Å². The van der Waals surface area contributed by atoms with Crippen molar-refractivity contribution in [3.05, 3.63) is 65.0 Å². The molecule has 0 spiro atoms. The van der Waals surface area contributed by atoms with Crippen LogP contribution in [0.5, 0.6) is 0 Å². The van der Waals surface area contributed by atoms with Crippen LogP contribution in [0.3, 0.4) is 0 Å². The molecule has 4 nitrogen and oxygen atoms in total. The van der Waals surface area contributed by atoms with E-state index in [2.05, 4.69) is 5.32 Å². The second-order valence-corrected chi connectivity index (χ2v) is 5.13. The number of nitrogens with one attached hydrogen (secondary N) is 1. The van der Waals surface area contributed by atoms with Crippen LogP contribution >= 0.6 is 0 Å². The van der Waals surface area contributed by atoms with Crippen molar-refractivity contribution in [2.45, 2.75) is 20.0 Å². The summed E-state index contributed by atoms with van der Waals surface area (Å²) in [6, 6.07) is 6.63. The van der Waals surface area contributed by atoms with E-state index in [4.69, 9.17) is 4.74 Å². The van der Waals surface area contributed by atoms with Gasteiger partial charge in [0.1, 0.15) is 5.82 Å². The van der Waals surface area contributed by atoms with Gasteiger partial charge in [0.2, 0.25) is 0 Å². The zero-order valence-corrected chi connectivity index (χ0v) is 12.9. The van der Waals surface area contributed by atoms with E-state index < -0.39 is 35.4 Å². The SMILES string of the molecule is Cc1ccc(NC(=O)C(C)OC(=O)c2ccc(F)c(F)c2)cc1F. The summed E-state index contributed by atoms with van der Waals surface area (Å²) in [6.07, 6.45) is -1.21. The molecule has 0 radical (unpaired) electrons. The molecule has 24 heavy (non-hydrogen) atoms. The number of hydrogen-bond donors (Lipinski definition) is 1. The summed E-state index contributed by atoms with van der Waals surface area (Å²) >= 11 is 0. The lowest BCUT2D eigenvalue weighted by molar-refractivity contribution is -0.123. The van der Waals surface area contributed by atoms with Crippen molar-refractivity contribution < 1.29 is 27.5 Å². The van der Waals surface area contributed by atoms with Crippen molar-refractivity contribution in [1.29, 1.82) is 0 Å². The van der Waals surface area contributed by atoms with Crippen LogP contribution in [0.1, 0.15) is 22.8 Å². The maximum absolute atomic E-state index is 13.4. The summed E-state index contributed by atoms with van der Waals surface area (Å²) in [6.45, 7) is 2.88. The van der Waals surface area contributed by atoms with Gasteiger partial charge in [0.05, 0.1) is 5.56 Å². The van der Waals surface area contributed by atoms with Crippen LogP contribution in [0.4, 0.5) is 18.9 Å². The zero-order chi connectivity index (χ0) is 17.9. The van der Waals surface area contributed by atoms with Crippen molar-refractivity contribution in [3.8, 4) is 0 Å². The molecule has 1 atom stereocenters. The number of rotatable bonds is 4. The summed E-state index contributed by atoms with van der Waals surface area (Å²) in [4.78, 5) is 23.8. The third-order valence-corrected chi connectivity index (χ3v) is 3.25. The summed E-state index contributed by atoms with van der Waals surface area (Å²) < 4.78 is 44.2. The molecule has 0 saturated heterocycles. The van der Waals surface area contributed by atoms with Crippen LogP contribution in [0.2, 0.25) is 0 Å². The standard InChI is InChI=1S/C17H14F3NO3/c1-9-3-5-12(8-14(9)19)21-16(22)10(2)24-17(23)11-4-6-13(18)15(20)7-11/h3-8,10H,1-2H3,(H,21,22). The Bertz CT molecular complexity index is 793. The molecule has 2 rings (SSSR count). The van der Waals surface area contributed by atoms with Gasteiger partial charge in [0, 0.05) is 5.69 Å². The Hall–Kier alpha value is -2.83. The maximum Gasteiger partial charge on any atom is 0.339 e. The lowest BCUT2D eigenvalue weighted by Gasteiger charge is -2.14. The van der Waals surface area contributed by atoms with E-state index in [1.807, 2.05) is 0 Å². The molecule has 0 heterocycles. The second-order valence-electron chi connectivity index (χ2n) is 5.13. The van der Waals surface area contributed by atoms with Gasteiger partial charge >= 0.3 is 5.97 Å². The quantitative estimate of drug-likeness (QED) is 0.868. The molecule has 0 fully saturated rings. The van der Waals surface area contributed by atoms with E-state index in [1.54, 1.807) is 6.92 Å². The van der Waals surface area contributed by atoms with Gasteiger partial charge in [-0.1, -0.05) is 6.07 Å². The summed E-state index contributed by atoms with van der Waals surface area (Å²) in [5.74, 6) is -4.45. The molecule has 0 aliphatic rings. The van der Waals surface area contributed by atoms with Crippen LogP contribution in [-0.4, -0.2) is 18.0 Å². The largest absolute Gasteiger partial charge is 0.449 e. The molecule has 126 valence electrons. The Morgan fingerprint density at radius 2 is 1.71 bits per heavy atom. The van der Waals surface area contributed by atoms with Crippen molar-refractivity contribution in [1.82, 2.24) is 0 Å². The van der Waals surface area contributed by atoms with Crippen LogP contribution in [-0.2, 0) is 9.53 Å². The lowest BCUT2D eigenvalue weighted by atomic mass is 10.2. The highest BCUT2D eigenvalue weighted by Crippen LogP contribution is 2.15. The van der Waals surface area contributed by atoms with Crippen molar-refractivity contribution >= 4 is 17.6 Å². The highest BCUT2D eigenvalue weighted by Gasteiger charge is 2.20. The molecule has 0 aromatic heterocycles. The number of anilines is 1. The number of hydrogen-bond acceptors (Lipinski definition) is 3. The van der Waals surface area contributed by atoms with Crippen LogP contribution < -0.4 is 5.32 Å². The molecule has 2 aromatic carbocycles. The van der Waals surface area contributed by atoms with E-state index in [9.17, 15) is 22.8 Å². The number of benzene rings is 2. The lowest BCUT2D eigenvalue weighted by Crippen LogP contribution is -2.30. The maximum atomic E-state index is 13.4. The molecule has 0 aliphatic carbocycles. The van der Waals surface area contributed by atoms with Gasteiger partial charge in [0.15, 0.2) is 17.7 Å². The normalized spacial score (nSPS) is 11.7. The minimum atomic E-state index is -1.21. The van der Waals surface area contributed by atoms with Gasteiger partial charge < -0.3 is 10.1 Å². The first kappa shape index (κ1) is 17.5. The molecule has 0 aliphatic heterocycles. The Balaban J connectivity index is 2.01. The van der Waals surface area contributed by atoms with Crippen LogP contribution in [0.25, 0.3) is 0 Å². The number of halogens is 3. The van der Waals surface area contributed by atoms with Gasteiger partial charge in [-0.15, -0.1) is 0 Å². The average molecular weight is 337 g/mol. The average Bonchev–Trinajstić information content (AvgIpc) is 2.53. The monoisotopic (exact) mass is 337 g/mol. The predicted octanol–water partition coefficient (Wildman–Crippen LogP) is 3.60. The molecular formula is C17H14F3NO3. The third-order valence-electron chi connectivity index (χ3n) is 3.25. The molecule has 1 amide bonds. The van der Waals surface area contributed by atoms with Crippen molar-refractivity contribution in [2.75, 3.05) is 5.32 Å². The fourth-order valence-electron chi connectivity index (χ4n) is 1.82. The van der Waals surface area contributed by atoms with Crippen molar-refractivity contribution in [3.63, 3.8) is 0 Å². The number of amides is 1. The van der Waals surface area contributed by atoms with Gasteiger partial charge in [0.25, 0.3) is 5.91 Å². The molecular weight excluding hydrogens is 323 g/mol. The third kappa shape index (κ3) is 4.13. The Kier molecular flexibility index (Phi) is 5.23. The van der Waals surface area contributed by atoms with Gasteiger partial charge in [-0.2, -0.15) is 0 Å². The minimum Gasteiger partial charge on any atom is -0.449 e. The molecule has 0 bridgehead atoms. The van der Waals surface area contributed by atoms with Gasteiger partial charge in [-0.25, -0.2) is 18.0 Å². The summed E-state index contributed by atoms with van der Waals surface area (Å²) in [5, 5.41) is 2.40. The van der Waals surface area contributed by atoms with E-state index >= 15 is 0 Å². The smallest absolute Gasteiger partial charge is 0.339 e. The number of esters is 1.